The summed E-state index contributed by atoms with van der Waals surface area (Å²) in [7, 11) is 0. The molecule has 0 saturated heterocycles. The van der Waals surface area contributed by atoms with E-state index in [9.17, 15) is 9.59 Å². The Labute approximate surface area is 103 Å². The van der Waals surface area contributed by atoms with E-state index in [4.69, 9.17) is 0 Å². The summed E-state index contributed by atoms with van der Waals surface area (Å²) in [6.07, 6.45) is 3.92. The third-order valence-electron chi connectivity index (χ3n) is 3.87. The lowest BCUT2D eigenvalue weighted by atomic mass is 9.78. The largest absolute Gasteiger partial charge is 0.298 e. The first-order chi connectivity index (χ1) is 8.75. The van der Waals surface area contributed by atoms with Gasteiger partial charge < -0.3 is 0 Å². The van der Waals surface area contributed by atoms with Gasteiger partial charge in [0.05, 0.1) is 0 Å². The lowest BCUT2D eigenvalue weighted by Crippen LogP contribution is -2.35. The molecule has 0 aliphatic heterocycles. The minimum Gasteiger partial charge on any atom is -0.298 e. The molecular weight excluding hydrogens is 224 g/mol. The zero-order valence-corrected chi connectivity index (χ0v) is 9.64. The van der Waals surface area contributed by atoms with Gasteiger partial charge in [-0.3, -0.25) is 9.59 Å². The van der Waals surface area contributed by atoms with Gasteiger partial charge in [0.2, 0.25) is 0 Å². The Morgan fingerprint density at radius 1 is 1.00 bits per heavy atom. The van der Waals surface area contributed by atoms with E-state index in [2.05, 4.69) is 6.07 Å². The monoisotopic (exact) mass is 234 g/mol. The predicted octanol–water partition coefficient (Wildman–Crippen LogP) is 1.04. The van der Waals surface area contributed by atoms with E-state index in [-0.39, 0.29) is 11.6 Å². The molecule has 2 aromatic carbocycles. The number of hydrogen-bond acceptors (Lipinski definition) is 2. The van der Waals surface area contributed by atoms with E-state index in [1.165, 1.54) is 0 Å². The highest BCUT2D eigenvalue weighted by atomic mass is 16.1. The fourth-order valence-electron chi connectivity index (χ4n) is 3.09. The molecule has 0 bridgehead atoms. The third kappa shape index (κ3) is 1.07. The van der Waals surface area contributed by atoms with E-state index >= 15 is 0 Å². The van der Waals surface area contributed by atoms with Crippen LogP contribution in [0.25, 0.3) is 22.9 Å². The van der Waals surface area contributed by atoms with Gasteiger partial charge in [-0.1, -0.05) is 36.4 Å². The molecule has 2 aliphatic rings. The van der Waals surface area contributed by atoms with Gasteiger partial charge in [0, 0.05) is 6.42 Å². The van der Waals surface area contributed by atoms with Gasteiger partial charge >= 0.3 is 0 Å². The molecule has 86 valence electrons. The third-order valence-corrected chi connectivity index (χ3v) is 3.87. The van der Waals surface area contributed by atoms with E-state index in [1.54, 1.807) is 6.08 Å². The van der Waals surface area contributed by atoms with Crippen LogP contribution in [0.1, 0.15) is 17.9 Å². The van der Waals surface area contributed by atoms with Crippen LogP contribution in [0.5, 0.6) is 0 Å². The van der Waals surface area contributed by atoms with Crippen molar-refractivity contribution in [3.8, 4) is 0 Å². The number of benzene rings is 2. The smallest absolute Gasteiger partial charge is 0.171 e. The van der Waals surface area contributed by atoms with Crippen molar-refractivity contribution < 1.29 is 9.59 Å². The first-order valence-electron chi connectivity index (χ1n) is 6.06. The first kappa shape index (κ1) is 9.77. The Kier molecular flexibility index (Phi) is 1.72. The lowest BCUT2D eigenvalue weighted by Gasteiger charge is -2.23. The predicted molar refractivity (Wildman–Crippen MR) is 69.5 cm³/mol. The molecule has 0 aromatic heterocycles. The summed E-state index contributed by atoms with van der Waals surface area (Å²) in [6.45, 7) is 0. The van der Waals surface area contributed by atoms with Crippen LogP contribution in [0, 0.1) is 0 Å². The molecule has 18 heavy (non-hydrogen) atoms. The van der Waals surface area contributed by atoms with Crippen LogP contribution in [0.4, 0.5) is 0 Å². The molecule has 2 nitrogen and oxygen atoms in total. The van der Waals surface area contributed by atoms with Crippen molar-refractivity contribution in [2.75, 3.05) is 0 Å². The van der Waals surface area contributed by atoms with E-state index in [0.717, 1.165) is 26.8 Å². The minimum absolute atomic E-state index is 0.0192. The zero-order valence-electron chi connectivity index (χ0n) is 9.64. The molecular formula is C16H10O2. The van der Waals surface area contributed by atoms with E-state index in [1.807, 2.05) is 30.3 Å². The van der Waals surface area contributed by atoms with Gasteiger partial charge in [0.25, 0.3) is 0 Å². The van der Waals surface area contributed by atoms with Crippen molar-refractivity contribution in [3.63, 3.8) is 0 Å². The van der Waals surface area contributed by atoms with Gasteiger partial charge in [-0.25, -0.2) is 0 Å². The molecule has 0 fully saturated rings. The van der Waals surface area contributed by atoms with Crippen LogP contribution in [0.3, 0.4) is 0 Å². The molecule has 0 N–H and O–H groups in total. The van der Waals surface area contributed by atoms with Crippen molar-refractivity contribution in [2.24, 2.45) is 0 Å². The summed E-state index contributed by atoms with van der Waals surface area (Å²) < 4.78 is 0. The maximum Gasteiger partial charge on any atom is 0.171 e. The van der Waals surface area contributed by atoms with Crippen LogP contribution >= 0.6 is 0 Å². The van der Waals surface area contributed by atoms with Crippen molar-refractivity contribution in [1.29, 1.82) is 0 Å². The van der Waals surface area contributed by atoms with Crippen molar-refractivity contribution in [3.05, 3.63) is 46.3 Å². The Hall–Kier alpha value is -2.22. The van der Waals surface area contributed by atoms with Crippen molar-refractivity contribution in [2.45, 2.75) is 12.3 Å². The van der Waals surface area contributed by atoms with E-state index in [0.29, 0.717) is 6.42 Å². The summed E-state index contributed by atoms with van der Waals surface area (Å²) in [6, 6.07) is 9.99. The summed E-state index contributed by atoms with van der Waals surface area (Å²) in [5.41, 5.74) is 0.923. The zero-order chi connectivity index (χ0) is 12.3. The number of rotatable bonds is 0. The summed E-state index contributed by atoms with van der Waals surface area (Å²) >= 11 is 0. The molecule has 2 heteroatoms. The van der Waals surface area contributed by atoms with Crippen molar-refractivity contribution in [1.82, 2.24) is 0 Å². The summed E-state index contributed by atoms with van der Waals surface area (Å²) in [5.74, 6) is -0.616. The Balaban J connectivity index is 2.35. The maximum absolute atomic E-state index is 12.1. The molecule has 0 radical (unpaired) electrons. The first-order valence-corrected chi connectivity index (χ1v) is 6.06. The molecule has 1 atom stereocenters. The van der Waals surface area contributed by atoms with E-state index < -0.39 is 5.92 Å². The van der Waals surface area contributed by atoms with Gasteiger partial charge in [-0.05, 0) is 32.8 Å². The molecule has 1 unspecified atom stereocenters. The molecule has 0 saturated carbocycles. The fraction of sp³-hybridized carbons (Fsp3) is 0.125. The average Bonchev–Trinajstić information content (AvgIpc) is 2.38. The van der Waals surface area contributed by atoms with Crippen molar-refractivity contribution >= 4 is 34.5 Å². The molecule has 2 aliphatic carbocycles. The number of carbonyl (C=O) groups is 2. The lowest BCUT2D eigenvalue weighted by molar-refractivity contribution is -0.125. The van der Waals surface area contributed by atoms with Gasteiger partial charge in [-0.15, -0.1) is 0 Å². The van der Waals surface area contributed by atoms with Crippen LogP contribution < -0.4 is 10.4 Å². The maximum atomic E-state index is 12.1. The van der Waals surface area contributed by atoms with Crippen LogP contribution in [-0.4, -0.2) is 11.6 Å². The number of ketones is 2. The van der Waals surface area contributed by atoms with Gasteiger partial charge in [0.1, 0.15) is 5.92 Å². The fourth-order valence-corrected chi connectivity index (χ4v) is 3.09. The second-order valence-electron chi connectivity index (χ2n) is 4.87. The molecule has 0 spiro atoms. The molecule has 2 aromatic rings. The number of carbonyl (C=O) groups excluding carboxylic acids is 2. The quantitative estimate of drug-likeness (QED) is 0.638. The highest BCUT2D eigenvalue weighted by Gasteiger charge is 2.33. The molecule has 0 amide bonds. The number of hydrogen-bond donors (Lipinski definition) is 0. The SMILES string of the molecule is O=C1C=c2cccc3ccc4c(c23)C1C(=O)CC=4. The normalized spacial score (nSPS) is 20.6. The molecule has 0 heterocycles. The second kappa shape index (κ2) is 3.16. The second-order valence-corrected chi connectivity index (χ2v) is 4.87. The Morgan fingerprint density at radius 2 is 1.89 bits per heavy atom. The highest BCUT2D eigenvalue weighted by molar-refractivity contribution is 6.25. The van der Waals surface area contributed by atoms with Gasteiger partial charge in [0.15, 0.2) is 11.6 Å². The molecule has 4 rings (SSSR count). The van der Waals surface area contributed by atoms with Crippen LogP contribution in [0.15, 0.2) is 30.3 Å². The highest BCUT2D eigenvalue weighted by Crippen LogP contribution is 2.28. The average molecular weight is 234 g/mol. The topological polar surface area (TPSA) is 34.1 Å². The summed E-state index contributed by atoms with van der Waals surface area (Å²) in [5, 5.41) is 4.15. The van der Waals surface area contributed by atoms with Gasteiger partial charge in [-0.2, -0.15) is 0 Å². The standard InChI is InChI=1S/C16H10O2/c17-12-7-6-10-5-4-9-2-1-3-11-8-13(18)16(12)15(10)14(9)11/h1-6,8,16H,7H2. The van der Waals surface area contributed by atoms with Crippen LogP contribution in [-0.2, 0) is 9.59 Å². The van der Waals surface area contributed by atoms with Crippen LogP contribution in [0.2, 0.25) is 0 Å². The number of Topliss-reactive ketones (excluding diaryl/α,β-unsaturated/α-hetero) is 2. The summed E-state index contributed by atoms with van der Waals surface area (Å²) in [4.78, 5) is 24.1. The Bertz CT molecular complexity index is 843. The minimum atomic E-state index is -0.566. The Morgan fingerprint density at radius 3 is 2.78 bits per heavy atom.